The van der Waals surface area contributed by atoms with Crippen LogP contribution in [-0.4, -0.2) is 31.5 Å². The van der Waals surface area contributed by atoms with Gasteiger partial charge < -0.3 is 14.6 Å². The van der Waals surface area contributed by atoms with E-state index < -0.39 is 0 Å². The van der Waals surface area contributed by atoms with E-state index in [0.29, 0.717) is 32.2 Å². The van der Waals surface area contributed by atoms with Crippen molar-refractivity contribution in [3.8, 4) is 11.8 Å². The number of hydrogen-bond donors (Lipinski definition) is 1. The zero-order chi connectivity index (χ0) is 13.9. The standard InChI is InChI=1S/C15H22O3S/c1-13(2)10-17-7-8-18-11-15-9-14(12-19-15)5-3-4-6-16/h9,12-13,16H,4,6-8,10-11H2,1-2H3. The molecule has 0 atom stereocenters. The van der Waals surface area contributed by atoms with Crippen LogP contribution in [0.15, 0.2) is 11.4 Å². The molecule has 0 spiro atoms. The second-order valence-electron chi connectivity index (χ2n) is 4.60. The zero-order valence-electron chi connectivity index (χ0n) is 11.6. The summed E-state index contributed by atoms with van der Waals surface area (Å²) in [6, 6.07) is 2.03. The third-order valence-corrected chi connectivity index (χ3v) is 3.10. The lowest BCUT2D eigenvalue weighted by atomic mass is 10.2. The van der Waals surface area contributed by atoms with Crippen LogP contribution in [0.4, 0.5) is 0 Å². The Hall–Kier alpha value is -0.860. The molecule has 0 unspecified atom stereocenters. The molecule has 0 radical (unpaired) electrons. The van der Waals surface area contributed by atoms with Crippen LogP contribution in [0.25, 0.3) is 0 Å². The van der Waals surface area contributed by atoms with Gasteiger partial charge in [0, 0.05) is 28.8 Å². The molecule has 0 aromatic carbocycles. The van der Waals surface area contributed by atoms with E-state index in [1.54, 1.807) is 11.3 Å². The van der Waals surface area contributed by atoms with E-state index in [9.17, 15) is 0 Å². The molecule has 3 nitrogen and oxygen atoms in total. The van der Waals surface area contributed by atoms with Crippen LogP contribution in [0.1, 0.15) is 30.7 Å². The maximum absolute atomic E-state index is 8.64. The van der Waals surface area contributed by atoms with Gasteiger partial charge in [0.25, 0.3) is 0 Å². The first-order valence-corrected chi connectivity index (χ1v) is 7.43. The Labute approximate surface area is 119 Å². The summed E-state index contributed by atoms with van der Waals surface area (Å²) >= 11 is 1.65. The second-order valence-corrected chi connectivity index (χ2v) is 5.59. The van der Waals surface area contributed by atoms with Crippen molar-refractivity contribution in [2.24, 2.45) is 5.92 Å². The van der Waals surface area contributed by atoms with Crippen LogP contribution < -0.4 is 0 Å². The molecule has 0 aliphatic heterocycles. The number of rotatable bonds is 8. The molecule has 106 valence electrons. The van der Waals surface area contributed by atoms with Crippen molar-refractivity contribution in [3.63, 3.8) is 0 Å². The van der Waals surface area contributed by atoms with E-state index in [-0.39, 0.29) is 6.61 Å². The third kappa shape index (κ3) is 8.02. The first-order chi connectivity index (χ1) is 9.22. The summed E-state index contributed by atoms with van der Waals surface area (Å²) in [7, 11) is 0. The summed E-state index contributed by atoms with van der Waals surface area (Å²) < 4.78 is 11.0. The highest BCUT2D eigenvalue weighted by Crippen LogP contribution is 2.14. The fourth-order valence-corrected chi connectivity index (χ4v) is 2.10. The van der Waals surface area contributed by atoms with Crippen molar-refractivity contribution in [2.75, 3.05) is 26.4 Å². The maximum Gasteiger partial charge on any atom is 0.0810 e. The third-order valence-electron chi connectivity index (χ3n) is 2.19. The topological polar surface area (TPSA) is 38.7 Å². The molecule has 1 heterocycles. The molecule has 0 saturated carbocycles. The van der Waals surface area contributed by atoms with Crippen molar-refractivity contribution in [1.82, 2.24) is 0 Å². The van der Waals surface area contributed by atoms with E-state index in [4.69, 9.17) is 14.6 Å². The maximum atomic E-state index is 8.64. The van der Waals surface area contributed by atoms with Gasteiger partial charge in [-0.05, 0) is 12.0 Å². The normalized spacial score (nSPS) is 10.5. The van der Waals surface area contributed by atoms with Crippen LogP contribution in [-0.2, 0) is 16.1 Å². The monoisotopic (exact) mass is 282 g/mol. The molecule has 1 aromatic heterocycles. The SMILES string of the molecule is CC(C)COCCOCc1cc(C#CCCO)cs1. The summed E-state index contributed by atoms with van der Waals surface area (Å²) in [4.78, 5) is 1.16. The zero-order valence-corrected chi connectivity index (χ0v) is 12.5. The minimum atomic E-state index is 0.115. The van der Waals surface area contributed by atoms with Gasteiger partial charge in [0.15, 0.2) is 0 Å². The van der Waals surface area contributed by atoms with Gasteiger partial charge in [-0.2, -0.15) is 0 Å². The molecule has 19 heavy (non-hydrogen) atoms. The highest BCUT2D eigenvalue weighted by atomic mass is 32.1. The molecule has 0 aliphatic rings. The van der Waals surface area contributed by atoms with Crippen LogP contribution in [0.5, 0.6) is 0 Å². The minimum Gasteiger partial charge on any atom is -0.395 e. The van der Waals surface area contributed by atoms with E-state index in [2.05, 4.69) is 25.7 Å². The van der Waals surface area contributed by atoms with E-state index in [1.807, 2.05) is 11.4 Å². The van der Waals surface area contributed by atoms with Crippen molar-refractivity contribution >= 4 is 11.3 Å². The number of aliphatic hydroxyl groups excluding tert-OH is 1. The van der Waals surface area contributed by atoms with Gasteiger partial charge in [-0.3, -0.25) is 0 Å². The molecule has 1 rings (SSSR count). The van der Waals surface area contributed by atoms with Crippen LogP contribution in [0.3, 0.4) is 0 Å². The largest absolute Gasteiger partial charge is 0.395 e. The van der Waals surface area contributed by atoms with E-state index in [1.165, 1.54) is 0 Å². The number of ether oxygens (including phenoxy) is 2. The molecule has 1 aromatic rings. The summed E-state index contributed by atoms with van der Waals surface area (Å²) in [5.74, 6) is 6.48. The lowest BCUT2D eigenvalue weighted by Crippen LogP contribution is -2.08. The molecular formula is C15H22O3S. The Morgan fingerprint density at radius 3 is 2.84 bits per heavy atom. The van der Waals surface area contributed by atoms with E-state index >= 15 is 0 Å². The quantitative estimate of drug-likeness (QED) is 0.588. The van der Waals surface area contributed by atoms with Gasteiger partial charge in [0.1, 0.15) is 0 Å². The Balaban J connectivity index is 2.15. The predicted molar refractivity (Wildman–Crippen MR) is 78.2 cm³/mol. The molecule has 1 N–H and O–H groups in total. The summed E-state index contributed by atoms with van der Waals surface area (Å²) in [5, 5.41) is 10.7. The molecule has 0 aliphatic carbocycles. The van der Waals surface area contributed by atoms with Crippen molar-refractivity contribution < 1.29 is 14.6 Å². The summed E-state index contributed by atoms with van der Waals surface area (Å²) in [6.07, 6.45) is 0.523. The smallest absolute Gasteiger partial charge is 0.0810 e. The Morgan fingerprint density at radius 1 is 1.32 bits per heavy atom. The molecule has 0 fully saturated rings. The Morgan fingerprint density at radius 2 is 2.11 bits per heavy atom. The average Bonchev–Trinajstić information content (AvgIpc) is 2.81. The molecule has 4 heteroatoms. The van der Waals surface area contributed by atoms with Crippen LogP contribution in [0, 0.1) is 17.8 Å². The van der Waals surface area contributed by atoms with Gasteiger partial charge in [-0.1, -0.05) is 25.7 Å². The Kier molecular flexibility index (Phi) is 8.52. The van der Waals surface area contributed by atoms with Crippen LogP contribution >= 0.6 is 11.3 Å². The first-order valence-electron chi connectivity index (χ1n) is 6.55. The fourth-order valence-electron chi connectivity index (χ4n) is 1.35. The number of aliphatic hydroxyl groups is 1. The lowest BCUT2D eigenvalue weighted by Gasteiger charge is -2.06. The van der Waals surface area contributed by atoms with Gasteiger partial charge in [-0.25, -0.2) is 0 Å². The molecule has 0 amide bonds. The summed E-state index contributed by atoms with van der Waals surface area (Å²) in [6.45, 7) is 7.04. The van der Waals surface area contributed by atoms with Crippen LogP contribution in [0.2, 0.25) is 0 Å². The van der Waals surface area contributed by atoms with Gasteiger partial charge in [0.2, 0.25) is 0 Å². The van der Waals surface area contributed by atoms with Gasteiger partial charge in [-0.15, -0.1) is 11.3 Å². The number of hydrogen-bond acceptors (Lipinski definition) is 4. The fraction of sp³-hybridized carbons (Fsp3) is 0.600. The van der Waals surface area contributed by atoms with Gasteiger partial charge >= 0.3 is 0 Å². The number of thiophene rings is 1. The van der Waals surface area contributed by atoms with Crippen molar-refractivity contribution in [1.29, 1.82) is 0 Å². The molecular weight excluding hydrogens is 260 g/mol. The average molecular weight is 282 g/mol. The first kappa shape index (κ1) is 16.2. The van der Waals surface area contributed by atoms with Crippen molar-refractivity contribution in [2.45, 2.75) is 26.9 Å². The van der Waals surface area contributed by atoms with Gasteiger partial charge in [0.05, 0.1) is 26.4 Å². The highest BCUT2D eigenvalue weighted by Gasteiger charge is 1.99. The molecule has 0 bridgehead atoms. The highest BCUT2D eigenvalue weighted by molar-refractivity contribution is 7.10. The minimum absolute atomic E-state index is 0.115. The lowest BCUT2D eigenvalue weighted by molar-refractivity contribution is 0.0322. The van der Waals surface area contributed by atoms with E-state index in [0.717, 1.165) is 17.0 Å². The second kappa shape index (κ2) is 9.99. The molecule has 0 saturated heterocycles. The summed E-state index contributed by atoms with van der Waals surface area (Å²) in [5.41, 5.74) is 0.994. The van der Waals surface area contributed by atoms with Crippen molar-refractivity contribution in [3.05, 3.63) is 21.9 Å². The predicted octanol–water partition coefficient (Wildman–Crippen LogP) is 2.67. The Bertz CT molecular complexity index is 401.